The van der Waals surface area contributed by atoms with Gasteiger partial charge in [-0.05, 0) is 49.2 Å². The van der Waals surface area contributed by atoms with Crippen molar-refractivity contribution in [2.75, 3.05) is 0 Å². The standard InChI is InChI=1S/C21H19NO/c1-3-22-19-7-5-4-6-17(19)18-13-15(9-11-20(18)22)16-10-8-14(2)12-21(16)23/h4-13,23H,3H2,1-2H3. The van der Waals surface area contributed by atoms with E-state index in [1.54, 1.807) is 0 Å². The molecule has 0 aliphatic heterocycles. The fourth-order valence-electron chi connectivity index (χ4n) is 3.45. The molecule has 0 fully saturated rings. The zero-order valence-electron chi connectivity index (χ0n) is 13.4. The van der Waals surface area contributed by atoms with E-state index in [4.69, 9.17) is 0 Å². The number of hydrogen-bond donors (Lipinski definition) is 1. The van der Waals surface area contributed by atoms with Crippen LogP contribution in [-0.2, 0) is 6.54 Å². The number of aromatic hydroxyl groups is 1. The Balaban J connectivity index is 2.03. The van der Waals surface area contributed by atoms with E-state index in [9.17, 15) is 5.11 Å². The summed E-state index contributed by atoms with van der Waals surface area (Å²) in [6.45, 7) is 5.10. The molecular weight excluding hydrogens is 282 g/mol. The van der Waals surface area contributed by atoms with Crippen molar-refractivity contribution in [3.63, 3.8) is 0 Å². The highest BCUT2D eigenvalue weighted by molar-refractivity contribution is 6.09. The lowest BCUT2D eigenvalue weighted by Crippen LogP contribution is -1.92. The number of hydrogen-bond acceptors (Lipinski definition) is 1. The molecule has 0 aliphatic carbocycles. The van der Waals surface area contributed by atoms with Gasteiger partial charge in [-0.3, -0.25) is 0 Å². The zero-order chi connectivity index (χ0) is 16.0. The topological polar surface area (TPSA) is 25.2 Å². The molecule has 2 heteroatoms. The van der Waals surface area contributed by atoms with Crippen LogP contribution < -0.4 is 0 Å². The lowest BCUT2D eigenvalue weighted by Gasteiger charge is -2.07. The van der Waals surface area contributed by atoms with Crippen molar-refractivity contribution in [2.45, 2.75) is 20.4 Å². The molecule has 0 spiro atoms. The lowest BCUT2D eigenvalue weighted by molar-refractivity contribution is 0.477. The van der Waals surface area contributed by atoms with Crippen molar-refractivity contribution in [3.05, 3.63) is 66.2 Å². The van der Waals surface area contributed by atoms with Crippen molar-refractivity contribution in [3.8, 4) is 16.9 Å². The Morgan fingerprint density at radius 1 is 0.870 bits per heavy atom. The van der Waals surface area contributed by atoms with Gasteiger partial charge in [0.2, 0.25) is 0 Å². The molecule has 114 valence electrons. The first-order valence-electron chi connectivity index (χ1n) is 8.00. The van der Waals surface area contributed by atoms with Crippen LogP contribution in [0.25, 0.3) is 32.9 Å². The first-order chi connectivity index (χ1) is 11.2. The van der Waals surface area contributed by atoms with E-state index in [0.29, 0.717) is 5.75 Å². The van der Waals surface area contributed by atoms with Gasteiger partial charge in [-0.2, -0.15) is 0 Å². The Kier molecular flexibility index (Phi) is 3.12. The van der Waals surface area contributed by atoms with Crippen LogP contribution in [0.4, 0.5) is 0 Å². The van der Waals surface area contributed by atoms with Crippen LogP contribution in [0.15, 0.2) is 60.7 Å². The number of aryl methyl sites for hydroxylation is 2. The number of benzene rings is 3. The highest BCUT2D eigenvalue weighted by Crippen LogP contribution is 2.35. The predicted octanol–water partition coefficient (Wildman–Crippen LogP) is 5.50. The molecule has 3 aromatic carbocycles. The van der Waals surface area contributed by atoms with Crippen LogP contribution in [0.2, 0.25) is 0 Å². The summed E-state index contributed by atoms with van der Waals surface area (Å²) in [5.74, 6) is 0.337. The summed E-state index contributed by atoms with van der Waals surface area (Å²) < 4.78 is 2.34. The quantitative estimate of drug-likeness (QED) is 0.520. The fourth-order valence-corrected chi connectivity index (χ4v) is 3.45. The highest BCUT2D eigenvalue weighted by atomic mass is 16.3. The average molecular weight is 301 g/mol. The average Bonchev–Trinajstić information content (AvgIpc) is 2.88. The Hall–Kier alpha value is -2.74. The first kappa shape index (κ1) is 13.9. The Bertz CT molecular complexity index is 1030. The largest absolute Gasteiger partial charge is 0.507 e. The van der Waals surface area contributed by atoms with E-state index < -0.39 is 0 Å². The van der Waals surface area contributed by atoms with Crippen LogP contribution in [0.5, 0.6) is 5.75 Å². The number of phenols is 1. The fraction of sp³-hybridized carbons (Fsp3) is 0.143. The molecule has 0 atom stereocenters. The van der Waals surface area contributed by atoms with Gasteiger partial charge in [-0.25, -0.2) is 0 Å². The zero-order valence-corrected chi connectivity index (χ0v) is 13.4. The van der Waals surface area contributed by atoms with Crippen LogP contribution in [0.1, 0.15) is 12.5 Å². The maximum Gasteiger partial charge on any atom is 0.123 e. The number of nitrogens with zero attached hydrogens (tertiary/aromatic N) is 1. The van der Waals surface area contributed by atoms with Gasteiger partial charge >= 0.3 is 0 Å². The van der Waals surface area contributed by atoms with E-state index in [1.165, 1.54) is 21.8 Å². The smallest absolute Gasteiger partial charge is 0.123 e. The first-order valence-corrected chi connectivity index (χ1v) is 8.00. The summed E-state index contributed by atoms with van der Waals surface area (Å²) in [5.41, 5.74) is 5.49. The normalized spacial score (nSPS) is 11.4. The van der Waals surface area contributed by atoms with Gasteiger partial charge < -0.3 is 9.67 Å². The Morgan fingerprint density at radius 2 is 1.65 bits per heavy atom. The minimum atomic E-state index is 0.337. The van der Waals surface area contributed by atoms with Crippen LogP contribution in [0, 0.1) is 6.92 Å². The molecule has 0 saturated heterocycles. The SMILES string of the molecule is CCn1c2ccccc2c2cc(-c3ccc(C)cc3O)ccc21. The van der Waals surface area contributed by atoms with Crippen molar-refractivity contribution in [2.24, 2.45) is 0 Å². The van der Waals surface area contributed by atoms with Crippen LogP contribution >= 0.6 is 0 Å². The molecule has 0 amide bonds. The molecule has 1 N–H and O–H groups in total. The van der Waals surface area contributed by atoms with E-state index >= 15 is 0 Å². The number of phenolic OH excluding ortho intramolecular Hbond substituents is 1. The third kappa shape index (κ3) is 2.10. The van der Waals surface area contributed by atoms with Crippen molar-refractivity contribution in [1.29, 1.82) is 0 Å². The number of fused-ring (bicyclic) bond motifs is 3. The molecule has 1 heterocycles. The molecule has 4 rings (SSSR count). The van der Waals surface area contributed by atoms with Crippen molar-refractivity contribution < 1.29 is 5.11 Å². The van der Waals surface area contributed by atoms with Gasteiger partial charge in [0, 0.05) is 33.9 Å². The van der Waals surface area contributed by atoms with Gasteiger partial charge in [0.1, 0.15) is 5.75 Å². The van der Waals surface area contributed by atoms with Crippen LogP contribution in [-0.4, -0.2) is 9.67 Å². The molecule has 2 nitrogen and oxygen atoms in total. The van der Waals surface area contributed by atoms with E-state index in [0.717, 1.165) is 23.2 Å². The molecule has 0 bridgehead atoms. The summed E-state index contributed by atoms with van der Waals surface area (Å²) in [5, 5.41) is 12.8. The van der Waals surface area contributed by atoms with Crippen molar-refractivity contribution in [1.82, 2.24) is 4.57 Å². The van der Waals surface area contributed by atoms with E-state index in [1.807, 2.05) is 25.1 Å². The van der Waals surface area contributed by atoms with Gasteiger partial charge in [0.15, 0.2) is 0 Å². The molecule has 0 aliphatic rings. The molecular formula is C21H19NO. The van der Waals surface area contributed by atoms with Crippen molar-refractivity contribution >= 4 is 21.8 Å². The van der Waals surface area contributed by atoms with Gasteiger partial charge in [0.05, 0.1) is 0 Å². The second kappa shape index (κ2) is 5.17. The third-order valence-corrected chi connectivity index (χ3v) is 4.55. The summed E-state index contributed by atoms with van der Waals surface area (Å²) >= 11 is 0. The molecule has 0 unspecified atom stereocenters. The summed E-state index contributed by atoms with van der Waals surface area (Å²) in [6.07, 6.45) is 0. The minimum absolute atomic E-state index is 0.337. The molecule has 0 saturated carbocycles. The number of para-hydroxylation sites is 1. The van der Waals surface area contributed by atoms with Crippen LogP contribution in [0.3, 0.4) is 0 Å². The molecule has 23 heavy (non-hydrogen) atoms. The van der Waals surface area contributed by atoms with Gasteiger partial charge in [0.25, 0.3) is 0 Å². The maximum absolute atomic E-state index is 10.3. The summed E-state index contributed by atoms with van der Waals surface area (Å²) in [6, 6.07) is 20.8. The second-order valence-electron chi connectivity index (χ2n) is 6.01. The third-order valence-electron chi connectivity index (χ3n) is 4.55. The number of aromatic nitrogens is 1. The minimum Gasteiger partial charge on any atom is -0.507 e. The van der Waals surface area contributed by atoms with Gasteiger partial charge in [-0.1, -0.05) is 36.4 Å². The Morgan fingerprint density at radius 3 is 2.43 bits per heavy atom. The molecule has 1 aromatic heterocycles. The Labute approximate surface area is 135 Å². The highest BCUT2D eigenvalue weighted by Gasteiger charge is 2.11. The maximum atomic E-state index is 10.3. The van der Waals surface area contributed by atoms with E-state index in [2.05, 4.69) is 54.0 Å². The molecule has 4 aromatic rings. The van der Waals surface area contributed by atoms with Gasteiger partial charge in [-0.15, -0.1) is 0 Å². The predicted molar refractivity (Wildman–Crippen MR) is 97.0 cm³/mol. The molecule has 0 radical (unpaired) electrons. The lowest BCUT2D eigenvalue weighted by atomic mass is 10.0. The summed E-state index contributed by atoms with van der Waals surface area (Å²) in [7, 11) is 0. The second-order valence-corrected chi connectivity index (χ2v) is 6.01. The number of rotatable bonds is 2. The summed E-state index contributed by atoms with van der Waals surface area (Å²) in [4.78, 5) is 0. The monoisotopic (exact) mass is 301 g/mol. The van der Waals surface area contributed by atoms with E-state index in [-0.39, 0.29) is 0 Å².